The van der Waals surface area contributed by atoms with E-state index in [-0.39, 0.29) is 12.1 Å². The molecule has 1 aromatic carbocycles. The van der Waals surface area contributed by atoms with Crippen LogP contribution >= 0.6 is 0 Å². The Labute approximate surface area is 135 Å². The summed E-state index contributed by atoms with van der Waals surface area (Å²) in [4.78, 5) is 16.0. The van der Waals surface area contributed by atoms with Gasteiger partial charge in [0.1, 0.15) is 0 Å². The predicted molar refractivity (Wildman–Crippen MR) is 85.7 cm³/mol. The van der Waals surface area contributed by atoms with Gasteiger partial charge in [0.25, 0.3) is 0 Å². The number of nitrogens with zero attached hydrogens (tertiary/aromatic N) is 2. The van der Waals surface area contributed by atoms with Gasteiger partial charge in [0.2, 0.25) is 5.88 Å². The van der Waals surface area contributed by atoms with Gasteiger partial charge in [-0.2, -0.15) is 5.26 Å². The molecule has 0 radical (unpaired) electrons. The molecule has 1 aromatic heterocycles. The highest BCUT2D eigenvalue weighted by Gasteiger charge is 2.09. The van der Waals surface area contributed by atoms with Crippen molar-refractivity contribution >= 4 is 6.03 Å². The quantitative estimate of drug-likeness (QED) is 0.888. The molecule has 1 heterocycles. The van der Waals surface area contributed by atoms with Crippen LogP contribution in [0.15, 0.2) is 42.6 Å². The fourth-order valence-electron chi connectivity index (χ4n) is 2.03. The highest BCUT2D eigenvalue weighted by molar-refractivity contribution is 5.74. The van der Waals surface area contributed by atoms with Gasteiger partial charge in [-0.1, -0.05) is 12.1 Å². The number of nitriles is 1. The van der Waals surface area contributed by atoms with Crippen LogP contribution in [0.4, 0.5) is 4.79 Å². The fourth-order valence-corrected chi connectivity index (χ4v) is 2.03. The number of urea groups is 1. The zero-order valence-electron chi connectivity index (χ0n) is 13.0. The monoisotopic (exact) mass is 310 g/mol. The molecule has 0 saturated heterocycles. The maximum absolute atomic E-state index is 12.0. The molecule has 0 fully saturated rings. The van der Waals surface area contributed by atoms with E-state index in [1.165, 1.54) is 0 Å². The summed E-state index contributed by atoms with van der Waals surface area (Å²) in [6, 6.07) is 12.3. The number of hydrogen-bond acceptors (Lipinski definition) is 4. The Bertz CT molecular complexity index is 707. The molecule has 0 bridgehead atoms. The van der Waals surface area contributed by atoms with Crippen molar-refractivity contribution in [3.63, 3.8) is 0 Å². The Morgan fingerprint density at radius 2 is 2.09 bits per heavy atom. The molecule has 6 heteroatoms. The Morgan fingerprint density at radius 1 is 1.35 bits per heavy atom. The number of amides is 2. The van der Waals surface area contributed by atoms with Crippen LogP contribution in [0, 0.1) is 11.3 Å². The summed E-state index contributed by atoms with van der Waals surface area (Å²) in [7, 11) is 1.55. The van der Waals surface area contributed by atoms with Crippen LogP contribution in [0.1, 0.15) is 29.7 Å². The molecule has 0 aliphatic rings. The number of nitrogens with one attached hydrogen (secondary N) is 2. The molecule has 2 amide bonds. The van der Waals surface area contributed by atoms with Gasteiger partial charge < -0.3 is 15.4 Å². The molecule has 2 aromatic rings. The minimum absolute atomic E-state index is 0.158. The second-order valence-corrected chi connectivity index (χ2v) is 4.99. The third-order valence-electron chi connectivity index (χ3n) is 3.35. The predicted octanol–water partition coefficient (Wildman–Crippen LogP) is 2.52. The summed E-state index contributed by atoms with van der Waals surface area (Å²) in [6.45, 7) is 2.27. The number of carbonyl (C=O) groups is 1. The van der Waals surface area contributed by atoms with Crippen LogP contribution in [0.3, 0.4) is 0 Å². The molecule has 0 saturated carbocycles. The summed E-state index contributed by atoms with van der Waals surface area (Å²) in [5.41, 5.74) is 2.43. The van der Waals surface area contributed by atoms with E-state index in [1.807, 2.05) is 25.1 Å². The average Bonchev–Trinajstić information content (AvgIpc) is 2.60. The van der Waals surface area contributed by atoms with E-state index in [4.69, 9.17) is 10.00 Å². The largest absolute Gasteiger partial charge is 0.481 e. The van der Waals surface area contributed by atoms with Gasteiger partial charge in [0.15, 0.2) is 0 Å². The maximum atomic E-state index is 12.0. The van der Waals surface area contributed by atoms with Gasteiger partial charge in [-0.05, 0) is 36.2 Å². The molecule has 23 heavy (non-hydrogen) atoms. The van der Waals surface area contributed by atoms with Crippen molar-refractivity contribution in [3.05, 3.63) is 59.3 Å². The zero-order chi connectivity index (χ0) is 16.7. The highest BCUT2D eigenvalue weighted by Crippen LogP contribution is 2.13. The van der Waals surface area contributed by atoms with E-state index in [0.29, 0.717) is 18.0 Å². The van der Waals surface area contributed by atoms with Crippen molar-refractivity contribution in [1.82, 2.24) is 15.6 Å². The summed E-state index contributed by atoms with van der Waals surface area (Å²) in [6.07, 6.45) is 1.63. The van der Waals surface area contributed by atoms with E-state index >= 15 is 0 Å². The SMILES string of the molecule is COc1cc(CNC(=O)NC(C)c2ccc(C#N)cc2)ccn1. The minimum atomic E-state index is -0.266. The smallest absolute Gasteiger partial charge is 0.315 e. The number of hydrogen-bond donors (Lipinski definition) is 2. The van der Waals surface area contributed by atoms with Gasteiger partial charge in [0, 0.05) is 18.8 Å². The Balaban J connectivity index is 1.87. The average molecular weight is 310 g/mol. The number of ether oxygens (including phenoxy) is 1. The zero-order valence-corrected chi connectivity index (χ0v) is 13.0. The van der Waals surface area contributed by atoms with Crippen molar-refractivity contribution in [2.45, 2.75) is 19.5 Å². The number of carbonyl (C=O) groups excluding carboxylic acids is 1. The molecular weight excluding hydrogens is 292 g/mol. The lowest BCUT2D eigenvalue weighted by Crippen LogP contribution is -2.36. The van der Waals surface area contributed by atoms with Crippen LogP contribution < -0.4 is 15.4 Å². The van der Waals surface area contributed by atoms with E-state index in [1.54, 1.807) is 31.5 Å². The Kier molecular flexibility index (Phi) is 5.53. The van der Waals surface area contributed by atoms with E-state index < -0.39 is 0 Å². The fraction of sp³-hybridized carbons (Fsp3) is 0.235. The first-order valence-corrected chi connectivity index (χ1v) is 7.15. The first kappa shape index (κ1) is 16.3. The number of benzene rings is 1. The van der Waals surface area contributed by atoms with Gasteiger partial charge in [-0.15, -0.1) is 0 Å². The number of rotatable bonds is 5. The van der Waals surface area contributed by atoms with Crippen molar-refractivity contribution in [3.8, 4) is 11.9 Å². The third kappa shape index (κ3) is 4.71. The second-order valence-electron chi connectivity index (χ2n) is 4.99. The molecule has 2 N–H and O–H groups in total. The van der Waals surface area contributed by atoms with Crippen molar-refractivity contribution in [2.24, 2.45) is 0 Å². The molecule has 118 valence electrons. The first-order chi connectivity index (χ1) is 11.1. The lowest BCUT2D eigenvalue weighted by molar-refractivity contribution is 0.237. The lowest BCUT2D eigenvalue weighted by atomic mass is 10.1. The van der Waals surface area contributed by atoms with E-state index in [2.05, 4.69) is 21.7 Å². The van der Waals surface area contributed by atoms with Crippen LogP contribution in [0.5, 0.6) is 5.88 Å². The Hall–Kier alpha value is -3.07. The molecule has 0 aliphatic heterocycles. The van der Waals surface area contributed by atoms with Crippen LogP contribution in [-0.2, 0) is 6.54 Å². The van der Waals surface area contributed by atoms with Gasteiger partial charge in [-0.3, -0.25) is 0 Å². The molecule has 2 rings (SSSR count). The molecular formula is C17H18N4O2. The summed E-state index contributed by atoms with van der Waals surface area (Å²) < 4.78 is 5.04. The standard InChI is InChI=1S/C17H18N4O2/c1-12(15-5-3-13(10-18)4-6-15)21-17(22)20-11-14-7-8-19-16(9-14)23-2/h3-9,12H,11H2,1-2H3,(H2,20,21,22). The maximum Gasteiger partial charge on any atom is 0.315 e. The van der Waals surface area contributed by atoms with Gasteiger partial charge in [-0.25, -0.2) is 9.78 Å². The number of methoxy groups -OCH3 is 1. The van der Waals surface area contributed by atoms with Crippen LogP contribution in [-0.4, -0.2) is 18.1 Å². The van der Waals surface area contributed by atoms with Crippen molar-refractivity contribution < 1.29 is 9.53 Å². The highest BCUT2D eigenvalue weighted by atomic mass is 16.5. The molecule has 1 atom stereocenters. The van der Waals surface area contributed by atoms with Crippen molar-refractivity contribution in [1.29, 1.82) is 5.26 Å². The summed E-state index contributed by atoms with van der Waals surface area (Å²) >= 11 is 0. The Morgan fingerprint density at radius 3 is 2.74 bits per heavy atom. The number of pyridine rings is 1. The van der Waals surface area contributed by atoms with Crippen molar-refractivity contribution in [2.75, 3.05) is 7.11 Å². The topological polar surface area (TPSA) is 87.0 Å². The van der Waals surface area contributed by atoms with Crippen LogP contribution in [0.25, 0.3) is 0 Å². The number of aromatic nitrogens is 1. The first-order valence-electron chi connectivity index (χ1n) is 7.15. The summed E-state index contributed by atoms with van der Waals surface area (Å²) in [5.74, 6) is 0.510. The molecule has 0 spiro atoms. The molecule has 0 aliphatic carbocycles. The third-order valence-corrected chi connectivity index (χ3v) is 3.35. The minimum Gasteiger partial charge on any atom is -0.481 e. The van der Waals surface area contributed by atoms with Gasteiger partial charge >= 0.3 is 6.03 Å². The lowest BCUT2D eigenvalue weighted by Gasteiger charge is -2.15. The molecule has 1 unspecified atom stereocenters. The van der Waals surface area contributed by atoms with E-state index in [9.17, 15) is 4.79 Å². The second kappa shape index (κ2) is 7.80. The van der Waals surface area contributed by atoms with Crippen LogP contribution in [0.2, 0.25) is 0 Å². The molecule has 6 nitrogen and oxygen atoms in total. The van der Waals surface area contributed by atoms with E-state index in [0.717, 1.165) is 11.1 Å². The summed E-state index contributed by atoms with van der Waals surface area (Å²) in [5, 5.41) is 14.4. The van der Waals surface area contributed by atoms with Gasteiger partial charge in [0.05, 0.1) is 24.8 Å². The normalized spacial score (nSPS) is 11.2.